The first-order valence-corrected chi connectivity index (χ1v) is 8.77. The molecule has 1 aliphatic carbocycles. The number of piperazine rings is 1. The molecular formula is C18H26Cl2F4N2. The molecule has 2 fully saturated rings. The summed E-state index contributed by atoms with van der Waals surface area (Å²) in [6.45, 7) is 3.23. The van der Waals surface area contributed by atoms with Gasteiger partial charge in [0.15, 0.2) is 0 Å². The van der Waals surface area contributed by atoms with Gasteiger partial charge in [-0.2, -0.15) is 13.2 Å². The molecule has 1 heterocycles. The zero-order valence-electron chi connectivity index (χ0n) is 14.5. The molecule has 1 saturated carbocycles. The molecule has 3 rings (SSSR count). The number of hydrogen-bond donors (Lipinski definition) is 1. The third kappa shape index (κ3) is 5.72. The molecule has 0 bridgehead atoms. The molecule has 8 heteroatoms. The molecule has 2 aliphatic rings. The van der Waals surface area contributed by atoms with Crippen molar-refractivity contribution >= 4 is 24.8 Å². The molecule has 1 aromatic rings. The van der Waals surface area contributed by atoms with Gasteiger partial charge in [0.1, 0.15) is 5.82 Å². The third-order valence-corrected chi connectivity index (χ3v) is 5.23. The van der Waals surface area contributed by atoms with Gasteiger partial charge in [-0.3, -0.25) is 4.90 Å². The second kappa shape index (κ2) is 10.1. The second-order valence-electron chi connectivity index (χ2n) is 6.90. The van der Waals surface area contributed by atoms with Gasteiger partial charge in [0, 0.05) is 32.2 Å². The van der Waals surface area contributed by atoms with E-state index in [1.54, 1.807) is 0 Å². The van der Waals surface area contributed by atoms with Crippen LogP contribution in [0.5, 0.6) is 0 Å². The third-order valence-electron chi connectivity index (χ3n) is 5.23. The molecule has 0 radical (unpaired) electrons. The monoisotopic (exact) mass is 416 g/mol. The number of nitrogens with zero attached hydrogens (tertiary/aromatic N) is 1. The van der Waals surface area contributed by atoms with Crippen LogP contribution in [0, 0.1) is 11.7 Å². The zero-order chi connectivity index (χ0) is 17.2. The van der Waals surface area contributed by atoms with Crippen LogP contribution < -0.4 is 5.32 Å². The Kier molecular flexibility index (Phi) is 9.13. The highest BCUT2D eigenvalue weighted by Crippen LogP contribution is 2.40. The number of alkyl halides is 3. The highest BCUT2D eigenvalue weighted by atomic mass is 35.5. The van der Waals surface area contributed by atoms with Crippen LogP contribution in [0.4, 0.5) is 17.6 Å². The molecule has 1 N–H and O–H groups in total. The van der Waals surface area contributed by atoms with Gasteiger partial charge in [-0.1, -0.05) is 19.3 Å². The Labute approximate surface area is 164 Å². The maximum Gasteiger partial charge on any atom is 0.416 e. The van der Waals surface area contributed by atoms with E-state index >= 15 is 0 Å². The van der Waals surface area contributed by atoms with Crippen molar-refractivity contribution in [3.8, 4) is 0 Å². The van der Waals surface area contributed by atoms with Gasteiger partial charge in [-0.15, -0.1) is 24.8 Å². The Morgan fingerprint density at radius 2 is 1.58 bits per heavy atom. The van der Waals surface area contributed by atoms with Gasteiger partial charge >= 0.3 is 6.18 Å². The van der Waals surface area contributed by atoms with E-state index in [9.17, 15) is 17.6 Å². The van der Waals surface area contributed by atoms with Crippen LogP contribution in [0.1, 0.15) is 49.3 Å². The molecule has 150 valence electrons. The standard InChI is InChI=1S/C18H24F4N2.2ClH/c19-16-11-14(10-15(12-16)18(20,21)22)17(13-4-2-1-3-5-13)24-8-6-23-7-9-24;;/h10-13,17,23H,1-9H2;2*1H/t17-;;/m1../s1. The van der Waals surface area contributed by atoms with Crippen LogP contribution in [0.25, 0.3) is 0 Å². The van der Waals surface area contributed by atoms with Gasteiger partial charge in [-0.05, 0) is 42.5 Å². The van der Waals surface area contributed by atoms with E-state index in [2.05, 4.69) is 10.2 Å². The predicted molar refractivity (Wildman–Crippen MR) is 99.7 cm³/mol. The minimum absolute atomic E-state index is 0. The van der Waals surface area contributed by atoms with Gasteiger partial charge in [0.2, 0.25) is 0 Å². The van der Waals surface area contributed by atoms with Gasteiger partial charge in [-0.25, -0.2) is 4.39 Å². The lowest BCUT2D eigenvalue weighted by Crippen LogP contribution is -2.47. The Bertz CT molecular complexity index is 539. The lowest BCUT2D eigenvalue weighted by molar-refractivity contribution is -0.137. The zero-order valence-corrected chi connectivity index (χ0v) is 16.2. The fourth-order valence-electron chi connectivity index (χ4n) is 4.14. The number of halogens is 6. The average molecular weight is 417 g/mol. The van der Waals surface area contributed by atoms with E-state index < -0.39 is 17.6 Å². The molecule has 1 saturated heterocycles. The highest BCUT2D eigenvalue weighted by molar-refractivity contribution is 5.85. The van der Waals surface area contributed by atoms with E-state index in [4.69, 9.17) is 0 Å². The smallest absolute Gasteiger partial charge is 0.314 e. The lowest BCUT2D eigenvalue weighted by atomic mass is 9.80. The van der Waals surface area contributed by atoms with Crippen LogP contribution in [0.3, 0.4) is 0 Å². The van der Waals surface area contributed by atoms with E-state index in [-0.39, 0.29) is 30.9 Å². The number of benzene rings is 1. The predicted octanol–water partition coefficient (Wildman–Crippen LogP) is 5.21. The van der Waals surface area contributed by atoms with Crippen molar-refractivity contribution in [2.24, 2.45) is 5.92 Å². The van der Waals surface area contributed by atoms with Crippen molar-refractivity contribution in [3.05, 3.63) is 35.1 Å². The highest BCUT2D eigenvalue weighted by Gasteiger charge is 2.35. The van der Waals surface area contributed by atoms with E-state index in [0.29, 0.717) is 17.5 Å². The van der Waals surface area contributed by atoms with Gasteiger partial charge < -0.3 is 5.32 Å². The van der Waals surface area contributed by atoms with Crippen molar-refractivity contribution in [2.75, 3.05) is 26.2 Å². The summed E-state index contributed by atoms with van der Waals surface area (Å²) >= 11 is 0. The lowest BCUT2D eigenvalue weighted by Gasteiger charge is -2.41. The Balaban J connectivity index is 0.00000169. The van der Waals surface area contributed by atoms with Crippen molar-refractivity contribution in [2.45, 2.75) is 44.3 Å². The molecule has 0 amide bonds. The minimum atomic E-state index is -4.52. The topological polar surface area (TPSA) is 15.3 Å². The molecule has 0 unspecified atom stereocenters. The van der Waals surface area contributed by atoms with E-state index in [1.807, 2.05) is 0 Å². The average Bonchev–Trinajstić information content (AvgIpc) is 2.56. The van der Waals surface area contributed by atoms with Crippen LogP contribution in [0.2, 0.25) is 0 Å². The fourth-order valence-corrected chi connectivity index (χ4v) is 4.14. The first-order chi connectivity index (χ1) is 11.4. The molecule has 1 atom stereocenters. The number of hydrogen-bond acceptors (Lipinski definition) is 2. The summed E-state index contributed by atoms with van der Waals surface area (Å²) in [5.41, 5.74) is -0.399. The van der Waals surface area contributed by atoms with Crippen LogP contribution in [0.15, 0.2) is 18.2 Å². The van der Waals surface area contributed by atoms with Crippen molar-refractivity contribution in [1.82, 2.24) is 10.2 Å². The molecule has 26 heavy (non-hydrogen) atoms. The molecular weight excluding hydrogens is 391 g/mol. The SMILES string of the molecule is Cl.Cl.Fc1cc([C@@H](C2CCCCC2)N2CCNCC2)cc(C(F)(F)F)c1. The first kappa shape index (κ1) is 23.5. The summed E-state index contributed by atoms with van der Waals surface area (Å²) < 4.78 is 53.2. The molecule has 2 nitrogen and oxygen atoms in total. The maximum atomic E-state index is 13.9. The normalized spacial score (nSPS) is 20.8. The summed E-state index contributed by atoms with van der Waals surface area (Å²) in [5, 5.41) is 3.28. The minimum Gasteiger partial charge on any atom is -0.314 e. The quantitative estimate of drug-likeness (QED) is 0.679. The summed E-state index contributed by atoms with van der Waals surface area (Å²) in [6.07, 6.45) is 0.890. The van der Waals surface area contributed by atoms with Crippen molar-refractivity contribution in [3.63, 3.8) is 0 Å². The number of nitrogens with one attached hydrogen (secondary N) is 1. The molecule has 1 aliphatic heterocycles. The van der Waals surface area contributed by atoms with Gasteiger partial charge in [0.25, 0.3) is 0 Å². The van der Waals surface area contributed by atoms with E-state index in [1.165, 1.54) is 12.5 Å². The molecule has 0 spiro atoms. The maximum absolute atomic E-state index is 13.9. The largest absolute Gasteiger partial charge is 0.416 e. The fraction of sp³-hybridized carbons (Fsp3) is 0.667. The summed E-state index contributed by atoms with van der Waals surface area (Å²) in [4.78, 5) is 2.24. The van der Waals surface area contributed by atoms with Crippen molar-refractivity contribution in [1.29, 1.82) is 0 Å². The van der Waals surface area contributed by atoms with Crippen molar-refractivity contribution < 1.29 is 17.6 Å². The molecule has 1 aromatic carbocycles. The van der Waals surface area contributed by atoms with Gasteiger partial charge in [0.05, 0.1) is 5.56 Å². The number of rotatable bonds is 3. The van der Waals surface area contributed by atoms with E-state index in [0.717, 1.165) is 57.9 Å². The summed E-state index contributed by atoms with van der Waals surface area (Å²) in [7, 11) is 0. The first-order valence-electron chi connectivity index (χ1n) is 8.77. The Hall–Kier alpha value is -0.560. The summed E-state index contributed by atoms with van der Waals surface area (Å²) in [6, 6.07) is 2.93. The van der Waals surface area contributed by atoms with Crippen LogP contribution in [-0.2, 0) is 6.18 Å². The van der Waals surface area contributed by atoms with Crippen LogP contribution in [-0.4, -0.2) is 31.1 Å². The Morgan fingerprint density at radius 1 is 0.962 bits per heavy atom. The molecule has 0 aromatic heterocycles. The van der Waals surface area contributed by atoms with Crippen LogP contribution >= 0.6 is 24.8 Å². The summed E-state index contributed by atoms with van der Waals surface area (Å²) in [5.74, 6) is -0.490. The second-order valence-corrected chi connectivity index (χ2v) is 6.90. The Morgan fingerprint density at radius 3 is 2.15 bits per heavy atom.